The van der Waals surface area contributed by atoms with Gasteiger partial charge in [0.1, 0.15) is 11.7 Å². The largest absolute Gasteiger partial charge is 0.377 e. The Kier molecular flexibility index (Phi) is 1.94. The number of amides is 1. The van der Waals surface area contributed by atoms with Crippen LogP contribution in [0.5, 0.6) is 0 Å². The Morgan fingerprint density at radius 1 is 1.56 bits per heavy atom. The molecule has 3 heterocycles. The highest BCUT2D eigenvalue weighted by Gasteiger charge is 2.38. The Labute approximate surface area is 93.2 Å². The van der Waals surface area contributed by atoms with Gasteiger partial charge in [-0.1, -0.05) is 0 Å². The van der Waals surface area contributed by atoms with E-state index in [1.807, 2.05) is 18.7 Å². The van der Waals surface area contributed by atoms with Crippen LogP contribution in [0, 0.1) is 6.92 Å². The van der Waals surface area contributed by atoms with Crippen molar-refractivity contribution in [2.45, 2.75) is 13.0 Å². The second-order valence-corrected chi connectivity index (χ2v) is 4.18. The number of carbonyl (C=O) groups excluding carboxylic acids is 1. The molecule has 0 spiro atoms. The second kappa shape index (κ2) is 3.21. The van der Waals surface area contributed by atoms with Crippen LogP contribution in [0.2, 0.25) is 0 Å². The molecule has 0 radical (unpaired) electrons. The highest BCUT2D eigenvalue weighted by Crippen LogP contribution is 2.34. The number of ether oxygens (including phenoxy) is 1. The molecule has 0 aromatic carbocycles. The Morgan fingerprint density at radius 3 is 3.19 bits per heavy atom. The highest BCUT2D eigenvalue weighted by molar-refractivity contribution is 6.03. The van der Waals surface area contributed by atoms with Crippen LogP contribution >= 0.6 is 0 Å². The lowest BCUT2D eigenvalue weighted by Gasteiger charge is -2.39. The quantitative estimate of drug-likeness (QED) is 0.665. The van der Waals surface area contributed by atoms with Gasteiger partial charge < -0.3 is 15.0 Å². The minimum Gasteiger partial charge on any atom is -0.377 e. The number of nitrogens with zero attached hydrogens (tertiary/aromatic N) is 3. The molecule has 1 aromatic rings. The molecule has 3 rings (SSSR count). The number of aromatic nitrogens is 2. The van der Waals surface area contributed by atoms with Crippen LogP contribution in [-0.2, 0) is 16.6 Å². The summed E-state index contributed by atoms with van der Waals surface area (Å²) in [7, 11) is 1.90. The van der Waals surface area contributed by atoms with Crippen molar-refractivity contribution in [2.24, 2.45) is 7.05 Å². The molecule has 1 amide bonds. The molecule has 0 bridgehead atoms. The molecule has 0 saturated carbocycles. The zero-order valence-corrected chi connectivity index (χ0v) is 9.36. The fraction of sp³-hybridized carbons (Fsp3) is 0.600. The normalized spacial score (nSPS) is 23.8. The van der Waals surface area contributed by atoms with Gasteiger partial charge in [0.05, 0.1) is 18.9 Å². The summed E-state index contributed by atoms with van der Waals surface area (Å²) in [5.74, 6) is 0.994. The molecule has 1 saturated heterocycles. The van der Waals surface area contributed by atoms with Gasteiger partial charge in [0.25, 0.3) is 0 Å². The number of anilines is 2. The van der Waals surface area contributed by atoms with E-state index in [0.717, 1.165) is 23.7 Å². The number of fused-ring (bicyclic) bond motifs is 3. The summed E-state index contributed by atoms with van der Waals surface area (Å²) in [5, 5.41) is 7.24. The molecule has 1 N–H and O–H groups in total. The van der Waals surface area contributed by atoms with Crippen molar-refractivity contribution in [1.82, 2.24) is 9.78 Å². The van der Waals surface area contributed by atoms with Gasteiger partial charge in [0.2, 0.25) is 5.91 Å². The summed E-state index contributed by atoms with van der Waals surface area (Å²) < 4.78 is 7.16. The Hall–Kier alpha value is -1.56. The van der Waals surface area contributed by atoms with E-state index in [0.29, 0.717) is 13.2 Å². The van der Waals surface area contributed by atoms with Crippen molar-refractivity contribution in [2.75, 3.05) is 30.0 Å². The second-order valence-electron chi connectivity index (χ2n) is 4.18. The number of hydrogen-bond donors (Lipinski definition) is 1. The molecule has 6 nitrogen and oxygen atoms in total. The van der Waals surface area contributed by atoms with Crippen molar-refractivity contribution in [3.8, 4) is 0 Å². The smallest absolute Gasteiger partial charge is 0.249 e. The highest BCUT2D eigenvalue weighted by atomic mass is 16.5. The first-order valence-electron chi connectivity index (χ1n) is 5.37. The van der Waals surface area contributed by atoms with E-state index in [-0.39, 0.29) is 11.9 Å². The van der Waals surface area contributed by atoms with Crippen LogP contribution in [0.15, 0.2) is 0 Å². The third-order valence-electron chi connectivity index (χ3n) is 3.14. The Morgan fingerprint density at radius 2 is 2.38 bits per heavy atom. The van der Waals surface area contributed by atoms with Crippen molar-refractivity contribution in [3.05, 3.63) is 5.69 Å². The topological polar surface area (TPSA) is 59.4 Å². The van der Waals surface area contributed by atoms with Gasteiger partial charge in [-0.2, -0.15) is 5.10 Å². The summed E-state index contributed by atoms with van der Waals surface area (Å²) in [4.78, 5) is 14.0. The molecule has 1 unspecified atom stereocenters. The van der Waals surface area contributed by atoms with Crippen LogP contribution < -0.4 is 10.2 Å². The minimum atomic E-state index is -0.212. The zero-order valence-electron chi connectivity index (χ0n) is 9.36. The minimum absolute atomic E-state index is 0.00306. The maximum atomic E-state index is 11.9. The summed E-state index contributed by atoms with van der Waals surface area (Å²) in [6.45, 7) is 3.76. The number of rotatable bonds is 0. The van der Waals surface area contributed by atoms with Crippen molar-refractivity contribution in [3.63, 3.8) is 0 Å². The molecule has 2 aliphatic rings. The van der Waals surface area contributed by atoms with E-state index in [2.05, 4.69) is 15.3 Å². The summed E-state index contributed by atoms with van der Waals surface area (Å²) in [6.07, 6.45) is 0. The lowest BCUT2D eigenvalue weighted by Crippen LogP contribution is -2.55. The zero-order chi connectivity index (χ0) is 11.3. The maximum Gasteiger partial charge on any atom is 0.249 e. The van der Waals surface area contributed by atoms with E-state index in [1.54, 1.807) is 0 Å². The first kappa shape index (κ1) is 9.65. The SMILES string of the molecule is Cc1nn(C)c2c1NC(=O)C1COCCN21. The van der Waals surface area contributed by atoms with Crippen LogP contribution in [0.4, 0.5) is 11.5 Å². The van der Waals surface area contributed by atoms with Gasteiger partial charge in [-0.25, -0.2) is 0 Å². The van der Waals surface area contributed by atoms with Gasteiger partial charge in [-0.3, -0.25) is 9.48 Å². The third-order valence-corrected chi connectivity index (χ3v) is 3.14. The number of morpholine rings is 1. The Bertz CT molecular complexity index is 454. The van der Waals surface area contributed by atoms with E-state index < -0.39 is 0 Å². The lowest BCUT2D eigenvalue weighted by atomic mass is 10.1. The van der Waals surface area contributed by atoms with Crippen molar-refractivity contribution in [1.29, 1.82) is 0 Å². The maximum absolute atomic E-state index is 11.9. The van der Waals surface area contributed by atoms with E-state index in [4.69, 9.17) is 4.74 Å². The standard InChI is InChI=1S/C10H14N4O2/c1-6-8-10(13(2)12-6)14-3-4-16-5-7(14)9(15)11-8/h7H,3-5H2,1-2H3,(H,11,15). The van der Waals surface area contributed by atoms with Crippen LogP contribution in [0.1, 0.15) is 5.69 Å². The average molecular weight is 222 g/mol. The fourth-order valence-corrected chi connectivity index (χ4v) is 2.40. The van der Waals surface area contributed by atoms with Gasteiger partial charge >= 0.3 is 0 Å². The van der Waals surface area contributed by atoms with Gasteiger partial charge in [0, 0.05) is 13.6 Å². The summed E-state index contributed by atoms with van der Waals surface area (Å²) >= 11 is 0. The van der Waals surface area contributed by atoms with Crippen LogP contribution in [0.3, 0.4) is 0 Å². The average Bonchev–Trinajstić information content (AvgIpc) is 2.55. The fourth-order valence-electron chi connectivity index (χ4n) is 2.40. The predicted molar refractivity (Wildman–Crippen MR) is 58.5 cm³/mol. The first-order chi connectivity index (χ1) is 7.68. The first-order valence-corrected chi connectivity index (χ1v) is 5.37. The number of carbonyl (C=O) groups is 1. The van der Waals surface area contributed by atoms with Gasteiger partial charge in [0.15, 0.2) is 5.82 Å². The third kappa shape index (κ3) is 1.16. The molecular formula is C10H14N4O2. The molecule has 1 aromatic heterocycles. The summed E-state index contributed by atoms with van der Waals surface area (Å²) in [5.41, 5.74) is 1.70. The molecule has 0 aliphatic carbocycles. The van der Waals surface area contributed by atoms with Gasteiger partial charge in [-0.05, 0) is 6.92 Å². The summed E-state index contributed by atoms with van der Waals surface area (Å²) in [6, 6.07) is -0.212. The molecule has 16 heavy (non-hydrogen) atoms. The van der Waals surface area contributed by atoms with E-state index in [9.17, 15) is 4.79 Å². The lowest BCUT2D eigenvalue weighted by molar-refractivity contribution is -0.120. The van der Waals surface area contributed by atoms with E-state index >= 15 is 0 Å². The van der Waals surface area contributed by atoms with E-state index in [1.165, 1.54) is 0 Å². The monoisotopic (exact) mass is 222 g/mol. The number of aryl methyl sites for hydroxylation is 2. The van der Waals surface area contributed by atoms with Crippen molar-refractivity contribution < 1.29 is 9.53 Å². The molecule has 86 valence electrons. The predicted octanol–water partition coefficient (Wildman–Crippen LogP) is -0.114. The molecule has 6 heteroatoms. The van der Waals surface area contributed by atoms with Crippen LogP contribution in [0.25, 0.3) is 0 Å². The molecule has 1 fully saturated rings. The molecule has 2 aliphatic heterocycles. The van der Waals surface area contributed by atoms with Crippen LogP contribution in [-0.4, -0.2) is 41.5 Å². The Balaban J connectivity index is 2.12. The van der Waals surface area contributed by atoms with Crippen molar-refractivity contribution >= 4 is 17.4 Å². The molecular weight excluding hydrogens is 208 g/mol. The van der Waals surface area contributed by atoms with Gasteiger partial charge in [-0.15, -0.1) is 0 Å². The number of hydrogen-bond acceptors (Lipinski definition) is 4. The molecule has 1 atom stereocenters. The number of nitrogens with one attached hydrogen (secondary N) is 1.